The zero-order valence-corrected chi connectivity index (χ0v) is 13.3. The predicted molar refractivity (Wildman–Crippen MR) is 84.0 cm³/mol. The van der Waals surface area contributed by atoms with E-state index < -0.39 is 29.8 Å². The molecule has 132 valence electrons. The van der Waals surface area contributed by atoms with Gasteiger partial charge in [0.25, 0.3) is 11.8 Å². The van der Waals surface area contributed by atoms with Crippen molar-refractivity contribution in [2.75, 3.05) is 13.2 Å². The molecule has 0 aliphatic carbocycles. The van der Waals surface area contributed by atoms with Crippen molar-refractivity contribution in [3.05, 3.63) is 68.5 Å². The van der Waals surface area contributed by atoms with Crippen molar-refractivity contribution in [1.29, 1.82) is 0 Å². The molecular weight excluding hydrogens is 332 g/mol. The van der Waals surface area contributed by atoms with Crippen LogP contribution in [0.25, 0.3) is 0 Å². The number of esters is 1. The van der Waals surface area contributed by atoms with Gasteiger partial charge in [-0.1, -0.05) is 18.2 Å². The molecular formula is C16H16N2O7. The summed E-state index contributed by atoms with van der Waals surface area (Å²) in [5.74, 6) is -0.496. The summed E-state index contributed by atoms with van der Waals surface area (Å²) in [6, 6.07) is 8.52. The van der Waals surface area contributed by atoms with Crippen molar-refractivity contribution < 1.29 is 23.8 Å². The molecule has 1 fully saturated rings. The van der Waals surface area contributed by atoms with Gasteiger partial charge in [0.2, 0.25) is 0 Å². The Morgan fingerprint density at radius 2 is 2.08 bits per heavy atom. The minimum Gasteiger partial charge on any atom is -0.457 e. The molecule has 0 radical (unpaired) electrons. The number of nitrogens with zero attached hydrogens (tertiary/aromatic N) is 1. The first kappa shape index (κ1) is 16.9. The Labute approximate surface area is 141 Å². The van der Waals surface area contributed by atoms with Crippen LogP contribution in [0.2, 0.25) is 0 Å². The molecule has 25 heavy (non-hydrogen) atoms. The van der Waals surface area contributed by atoms with Gasteiger partial charge in [-0.05, 0) is 19.1 Å². The molecule has 2 heterocycles. The minimum absolute atomic E-state index is 0.0398. The van der Waals surface area contributed by atoms with Gasteiger partial charge in [-0.25, -0.2) is 9.59 Å². The second kappa shape index (κ2) is 7.32. The van der Waals surface area contributed by atoms with E-state index in [2.05, 4.69) is 4.98 Å². The fourth-order valence-electron chi connectivity index (χ4n) is 2.13. The van der Waals surface area contributed by atoms with Gasteiger partial charge in [-0.2, -0.15) is 0 Å². The lowest BCUT2D eigenvalue weighted by molar-refractivity contribution is -0.160. The van der Waals surface area contributed by atoms with Crippen LogP contribution in [0.3, 0.4) is 0 Å². The lowest BCUT2D eigenvalue weighted by atomic mass is 10.2. The second-order valence-corrected chi connectivity index (χ2v) is 5.30. The Balaban J connectivity index is 1.52. The highest BCUT2D eigenvalue weighted by molar-refractivity contribution is 5.89. The van der Waals surface area contributed by atoms with Gasteiger partial charge < -0.3 is 19.0 Å². The molecule has 1 aliphatic rings. The van der Waals surface area contributed by atoms with Gasteiger partial charge in [-0.3, -0.25) is 9.78 Å². The van der Waals surface area contributed by atoms with E-state index in [1.165, 1.54) is 13.1 Å². The first-order valence-electron chi connectivity index (χ1n) is 7.52. The molecule has 1 aromatic carbocycles. The van der Waals surface area contributed by atoms with Gasteiger partial charge in [0.15, 0.2) is 6.29 Å². The Hall–Kier alpha value is -2.91. The smallest absolute Gasteiger partial charge is 0.361 e. The molecule has 0 bridgehead atoms. The highest BCUT2D eigenvalue weighted by atomic mass is 16.9. The zero-order valence-electron chi connectivity index (χ0n) is 13.3. The molecule has 9 nitrogen and oxygen atoms in total. The van der Waals surface area contributed by atoms with E-state index in [4.69, 9.17) is 19.0 Å². The molecule has 1 saturated heterocycles. The average molecular weight is 348 g/mol. The van der Waals surface area contributed by atoms with Gasteiger partial charge in [0, 0.05) is 5.56 Å². The summed E-state index contributed by atoms with van der Waals surface area (Å²) >= 11 is 0. The molecule has 2 unspecified atom stereocenters. The van der Waals surface area contributed by atoms with Crippen LogP contribution in [-0.2, 0) is 14.2 Å². The number of benzene rings is 1. The van der Waals surface area contributed by atoms with Crippen LogP contribution >= 0.6 is 0 Å². The lowest BCUT2D eigenvalue weighted by Gasteiger charge is -2.14. The third-order valence-electron chi connectivity index (χ3n) is 3.40. The summed E-state index contributed by atoms with van der Waals surface area (Å²) in [5.41, 5.74) is -0.479. The quantitative estimate of drug-likeness (QED) is 0.747. The average Bonchev–Trinajstić information content (AvgIpc) is 3.06. The molecule has 3 rings (SSSR count). The largest absolute Gasteiger partial charge is 0.457 e. The topological polar surface area (TPSA) is 109 Å². The number of aromatic amines is 1. The maximum Gasteiger partial charge on any atom is 0.361 e. The first-order chi connectivity index (χ1) is 12.0. The number of carbonyl (C=O) groups is 1. The maximum absolute atomic E-state index is 11.8. The van der Waals surface area contributed by atoms with E-state index in [0.29, 0.717) is 11.1 Å². The van der Waals surface area contributed by atoms with Crippen molar-refractivity contribution in [2.45, 2.75) is 19.5 Å². The number of aryl methyl sites for hydroxylation is 1. The van der Waals surface area contributed by atoms with E-state index in [-0.39, 0.29) is 13.2 Å². The van der Waals surface area contributed by atoms with Crippen molar-refractivity contribution in [3.63, 3.8) is 0 Å². The van der Waals surface area contributed by atoms with E-state index in [1.807, 2.05) is 0 Å². The zero-order chi connectivity index (χ0) is 17.8. The normalized spacial score (nSPS) is 19.6. The van der Waals surface area contributed by atoms with Gasteiger partial charge in [0.1, 0.15) is 13.2 Å². The minimum atomic E-state index is -0.872. The van der Waals surface area contributed by atoms with Gasteiger partial charge >= 0.3 is 11.7 Å². The molecule has 2 atom stereocenters. The second-order valence-electron chi connectivity index (χ2n) is 5.30. The summed E-state index contributed by atoms with van der Waals surface area (Å²) in [4.78, 5) is 42.2. The van der Waals surface area contributed by atoms with Crippen molar-refractivity contribution >= 4 is 5.97 Å². The first-order valence-corrected chi connectivity index (χ1v) is 7.52. The Morgan fingerprint density at radius 1 is 1.32 bits per heavy atom. The van der Waals surface area contributed by atoms with Crippen LogP contribution < -0.4 is 16.1 Å². The molecule has 1 aromatic heterocycles. The number of hydrogen-bond acceptors (Lipinski definition) is 7. The van der Waals surface area contributed by atoms with Crippen molar-refractivity contribution in [3.8, 4) is 0 Å². The number of ether oxygens (including phenoxy) is 3. The number of carbonyl (C=O) groups excluding carboxylic acids is 1. The fraction of sp³-hybridized carbons (Fsp3) is 0.312. The van der Waals surface area contributed by atoms with E-state index in [9.17, 15) is 14.4 Å². The third-order valence-corrected chi connectivity index (χ3v) is 3.40. The summed E-state index contributed by atoms with van der Waals surface area (Å²) in [6.07, 6.45) is -0.423. The highest BCUT2D eigenvalue weighted by Crippen LogP contribution is 2.12. The SMILES string of the molecule is Cc1cn(OC2COC(COC(=O)c3ccccc3)O2)c(=O)[nH]c1=O. The summed E-state index contributed by atoms with van der Waals surface area (Å²) in [6.45, 7) is 1.46. The molecule has 0 saturated carbocycles. The lowest BCUT2D eigenvalue weighted by Crippen LogP contribution is -2.39. The van der Waals surface area contributed by atoms with E-state index in [1.54, 1.807) is 30.3 Å². The fourth-order valence-corrected chi connectivity index (χ4v) is 2.13. The molecule has 1 aliphatic heterocycles. The summed E-state index contributed by atoms with van der Waals surface area (Å²) < 4.78 is 16.7. The van der Waals surface area contributed by atoms with Crippen molar-refractivity contribution in [1.82, 2.24) is 9.71 Å². The number of aromatic nitrogens is 2. The monoisotopic (exact) mass is 348 g/mol. The van der Waals surface area contributed by atoms with Crippen LogP contribution in [0.5, 0.6) is 0 Å². The molecule has 0 amide bonds. The molecule has 0 spiro atoms. The number of rotatable bonds is 5. The Kier molecular flexibility index (Phi) is 4.96. The Morgan fingerprint density at radius 3 is 2.84 bits per heavy atom. The number of nitrogens with one attached hydrogen (secondary N) is 1. The van der Waals surface area contributed by atoms with Gasteiger partial charge in [0.05, 0.1) is 11.8 Å². The predicted octanol–water partition coefficient (Wildman–Crippen LogP) is -0.170. The summed E-state index contributed by atoms with van der Waals surface area (Å²) in [7, 11) is 0. The standard InChI is InChI=1S/C16H16N2O7/c1-10-7-18(16(21)17-14(10)19)25-13-9-22-12(24-13)8-23-15(20)11-5-3-2-4-6-11/h2-7,12-13H,8-9H2,1H3,(H,17,19,21). The van der Waals surface area contributed by atoms with Crippen LogP contribution in [0.15, 0.2) is 46.1 Å². The molecule has 9 heteroatoms. The summed E-state index contributed by atoms with van der Waals surface area (Å²) in [5, 5.41) is 0. The van der Waals surface area contributed by atoms with E-state index in [0.717, 1.165) is 4.73 Å². The molecule has 1 N–H and O–H groups in total. The Bertz CT molecular complexity index is 859. The van der Waals surface area contributed by atoms with Crippen LogP contribution in [-0.4, -0.2) is 41.5 Å². The highest BCUT2D eigenvalue weighted by Gasteiger charge is 2.29. The number of H-pyrrole nitrogens is 1. The number of hydrogen-bond donors (Lipinski definition) is 1. The third kappa shape index (κ3) is 4.14. The van der Waals surface area contributed by atoms with Crippen LogP contribution in [0.1, 0.15) is 15.9 Å². The molecule has 2 aromatic rings. The van der Waals surface area contributed by atoms with Crippen LogP contribution in [0, 0.1) is 6.92 Å². The van der Waals surface area contributed by atoms with Crippen molar-refractivity contribution in [2.24, 2.45) is 0 Å². The van der Waals surface area contributed by atoms with Gasteiger partial charge in [-0.15, -0.1) is 4.73 Å². The maximum atomic E-state index is 11.8. The van der Waals surface area contributed by atoms with E-state index >= 15 is 0 Å². The van der Waals surface area contributed by atoms with Crippen LogP contribution in [0.4, 0.5) is 0 Å².